The molecule has 0 aliphatic heterocycles. The van der Waals surface area contributed by atoms with Gasteiger partial charge in [-0.25, -0.2) is 4.79 Å². The Morgan fingerprint density at radius 2 is 1.88 bits per heavy atom. The minimum absolute atomic E-state index is 0.107. The van der Waals surface area contributed by atoms with Crippen molar-refractivity contribution in [2.75, 3.05) is 6.54 Å². The molecule has 0 fully saturated rings. The molecule has 2 amide bonds. The van der Waals surface area contributed by atoms with Gasteiger partial charge in [0.25, 0.3) is 0 Å². The lowest BCUT2D eigenvalue weighted by atomic mass is 9.88. The van der Waals surface area contributed by atoms with Crippen LogP contribution in [0.3, 0.4) is 0 Å². The molecule has 0 radical (unpaired) electrons. The number of unbranched alkanes of at least 4 members (excludes halogenated alkanes) is 2. The summed E-state index contributed by atoms with van der Waals surface area (Å²) in [5, 5.41) is 5.58. The van der Waals surface area contributed by atoms with Crippen LogP contribution in [-0.2, 0) is 0 Å². The minimum Gasteiger partial charge on any atom is -0.338 e. The molecule has 0 aliphatic carbocycles. The first-order chi connectivity index (χ1) is 7.38. The zero-order valence-corrected chi connectivity index (χ0v) is 11.3. The van der Waals surface area contributed by atoms with Crippen molar-refractivity contribution in [1.82, 2.24) is 10.6 Å². The lowest BCUT2D eigenvalue weighted by molar-refractivity contribution is 0.243. The molecule has 0 aromatic rings. The Morgan fingerprint density at radius 1 is 1.25 bits per heavy atom. The minimum atomic E-state index is -0.111. The second-order valence-electron chi connectivity index (χ2n) is 5.18. The number of carbonyl (C=O) groups excluding carboxylic acids is 1. The maximum absolute atomic E-state index is 11.4. The molecule has 0 unspecified atom stereocenters. The van der Waals surface area contributed by atoms with E-state index in [4.69, 9.17) is 0 Å². The third-order valence-corrected chi connectivity index (χ3v) is 2.67. The van der Waals surface area contributed by atoms with Gasteiger partial charge in [-0.05, 0) is 18.8 Å². The van der Waals surface area contributed by atoms with Gasteiger partial charge in [0.05, 0.1) is 0 Å². The van der Waals surface area contributed by atoms with Gasteiger partial charge >= 0.3 is 6.03 Å². The SMILES string of the molecule is CCCCCNC(=O)N/C=C(\C)C(C)(C)C. The first-order valence-electron chi connectivity index (χ1n) is 6.09. The van der Waals surface area contributed by atoms with E-state index in [1.165, 1.54) is 6.42 Å². The summed E-state index contributed by atoms with van der Waals surface area (Å²) in [6.45, 7) is 11.3. The molecule has 2 N–H and O–H groups in total. The standard InChI is InChI=1S/C13H26N2O/c1-6-7-8-9-14-12(16)15-10-11(2)13(3,4)5/h10H,6-9H2,1-5H3,(H2,14,15,16)/b11-10+. The first kappa shape index (κ1) is 15.0. The number of hydrogen-bond acceptors (Lipinski definition) is 1. The maximum atomic E-state index is 11.4. The molecule has 0 saturated heterocycles. The van der Waals surface area contributed by atoms with Crippen LogP contribution in [0.5, 0.6) is 0 Å². The molecule has 0 aliphatic rings. The Kier molecular flexibility index (Phi) is 6.86. The van der Waals surface area contributed by atoms with Gasteiger partial charge in [-0.1, -0.05) is 46.1 Å². The van der Waals surface area contributed by atoms with Gasteiger partial charge in [0, 0.05) is 12.7 Å². The van der Waals surface area contributed by atoms with Gasteiger partial charge < -0.3 is 10.6 Å². The van der Waals surface area contributed by atoms with Crippen LogP contribution in [0.25, 0.3) is 0 Å². The van der Waals surface area contributed by atoms with E-state index >= 15 is 0 Å². The van der Waals surface area contributed by atoms with E-state index in [0.717, 1.165) is 25.0 Å². The second kappa shape index (κ2) is 7.31. The summed E-state index contributed by atoms with van der Waals surface area (Å²) in [4.78, 5) is 11.4. The van der Waals surface area contributed by atoms with Crippen LogP contribution in [0.4, 0.5) is 4.79 Å². The highest BCUT2D eigenvalue weighted by atomic mass is 16.2. The molecule has 0 aromatic carbocycles. The molecular weight excluding hydrogens is 200 g/mol. The van der Waals surface area contributed by atoms with Gasteiger partial charge in [0.2, 0.25) is 0 Å². The molecule has 0 spiro atoms. The zero-order valence-electron chi connectivity index (χ0n) is 11.3. The largest absolute Gasteiger partial charge is 0.338 e. The zero-order chi connectivity index (χ0) is 12.6. The van der Waals surface area contributed by atoms with Crippen molar-refractivity contribution in [1.29, 1.82) is 0 Å². The highest BCUT2D eigenvalue weighted by molar-refractivity contribution is 5.74. The normalized spacial score (nSPS) is 12.4. The van der Waals surface area contributed by atoms with E-state index in [9.17, 15) is 4.79 Å². The van der Waals surface area contributed by atoms with Gasteiger partial charge in [-0.2, -0.15) is 0 Å². The summed E-state index contributed by atoms with van der Waals surface area (Å²) in [6, 6.07) is -0.111. The number of hydrogen-bond donors (Lipinski definition) is 2. The lowest BCUT2D eigenvalue weighted by Gasteiger charge is -2.19. The summed E-state index contributed by atoms with van der Waals surface area (Å²) in [7, 11) is 0. The third-order valence-electron chi connectivity index (χ3n) is 2.67. The molecule has 0 atom stereocenters. The van der Waals surface area contributed by atoms with Crippen LogP contribution in [-0.4, -0.2) is 12.6 Å². The highest BCUT2D eigenvalue weighted by Gasteiger charge is 2.12. The quantitative estimate of drug-likeness (QED) is 0.693. The molecule has 0 aromatic heterocycles. The van der Waals surface area contributed by atoms with Crippen LogP contribution in [0.2, 0.25) is 0 Å². The number of amides is 2. The van der Waals surface area contributed by atoms with Gasteiger partial charge in [-0.15, -0.1) is 0 Å². The van der Waals surface area contributed by atoms with Crippen molar-refractivity contribution in [3.05, 3.63) is 11.8 Å². The van der Waals surface area contributed by atoms with Crippen molar-refractivity contribution >= 4 is 6.03 Å². The van der Waals surface area contributed by atoms with E-state index in [1.807, 2.05) is 6.92 Å². The van der Waals surface area contributed by atoms with Crippen LogP contribution >= 0.6 is 0 Å². The summed E-state index contributed by atoms with van der Waals surface area (Å²) in [5.74, 6) is 0. The molecular formula is C13H26N2O. The third kappa shape index (κ3) is 7.32. The number of allylic oxidation sites excluding steroid dienone is 1. The van der Waals surface area contributed by atoms with Crippen LogP contribution in [0.15, 0.2) is 11.8 Å². The Morgan fingerprint density at radius 3 is 2.38 bits per heavy atom. The van der Waals surface area contributed by atoms with E-state index in [2.05, 4.69) is 38.3 Å². The van der Waals surface area contributed by atoms with Crippen molar-refractivity contribution in [3.8, 4) is 0 Å². The monoisotopic (exact) mass is 226 g/mol. The van der Waals surface area contributed by atoms with E-state index < -0.39 is 0 Å². The predicted octanol–water partition coefficient (Wildman–Crippen LogP) is 3.43. The summed E-state index contributed by atoms with van der Waals surface area (Å²) >= 11 is 0. The van der Waals surface area contributed by atoms with E-state index in [1.54, 1.807) is 6.20 Å². The highest BCUT2D eigenvalue weighted by Crippen LogP contribution is 2.23. The molecule has 16 heavy (non-hydrogen) atoms. The number of nitrogens with one attached hydrogen (secondary N) is 2. The second-order valence-corrected chi connectivity index (χ2v) is 5.18. The van der Waals surface area contributed by atoms with Crippen LogP contribution in [0.1, 0.15) is 53.9 Å². The van der Waals surface area contributed by atoms with E-state index in [0.29, 0.717) is 0 Å². The Hall–Kier alpha value is -0.990. The predicted molar refractivity (Wildman–Crippen MR) is 69.3 cm³/mol. The Bertz CT molecular complexity index is 239. The summed E-state index contributed by atoms with van der Waals surface area (Å²) in [6.07, 6.45) is 5.17. The van der Waals surface area contributed by atoms with Crippen molar-refractivity contribution in [3.63, 3.8) is 0 Å². The Labute approximate surface area is 99.7 Å². The average Bonchev–Trinajstić information content (AvgIpc) is 2.19. The Balaban J connectivity index is 3.81. The fraction of sp³-hybridized carbons (Fsp3) is 0.769. The molecule has 0 saturated carbocycles. The van der Waals surface area contributed by atoms with Crippen LogP contribution < -0.4 is 10.6 Å². The molecule has 0 heterocycles. The topological polar surface area (TPSA) is 41.1 Å². The fourth-order valence-electron chi connectivity index (χ4n) is 1.02. The van der Waals surface area contributed by atoms with Crippen molar-refractivity contribution < 1.29 is 4.79 Å². The molecule has 3 nitrogen and oxygen atoms in total. The lowest BCUT2D eigenvalue weighted by Crippen LogP contribution is -2.33. The summed E-state index contributed by atoms with van der Waals surface area (Å²) < 4.78 is 0. The molecule has 3 heteroatoms. The van der Waals surface area contributed by atoms with Gasteiger partial charge in [-0.3, -0.25) is 0 Å². The number of urea groups is 1. The molecule has 0 bridgehead atoms. The van der Waals surface area contributed by atoms with Gasteiger partial charge in [0.15, 0.2) is 0 Å². The van der Waals surface area contributed by atoms with Gasteiger partial charge in [0.1, 0.15) is 0 Å². The molecule has 94 valence electrons. The molecule has 0 rings (SSSR count). The van der Waals surface area contributed by atoms with Crippen molar-refractivity contribution in [2.45, 2.75) is 53.9 Å². The fourth-order valence-corrected chi connectivity index (χ4v) is 1.02. The van der Waals surface area contributed by atoms with Crippen LogP contribution in [0, 0.1) is 5.41 Å². The number of carbonyl (C=O) groups is 1. The first-order valence-corrected chi connectivity index (χ1v) is 6.09. The smallest absolute Gasteiger partial charge is 0.318 e. The van der Waals surface area contributed by atoms with E-state index in [-0.39, 0.29) is 11.4 Å². The maximum Gasteiger partial charge on any atom is 0.318 e. The number of rotatable bonds is 5. The average molecular weight is 226 g/mol. The summed E-state index contributed by atoms with van der Waals surface area (Å²) in [5.41, 5.74) is 1.27. The van der Waals surface area contributed by atoms with Crippen molar-refractivity contribution in [2.24, 2.45) is 5.41 Å².